The third-order valence-corrected chi connectivity index (χ3v) is 1.78. The van der Waals surface area contributed by atoms with Crippen LogP contribution in [0.1, 0.15) is 32.4 Å². The lowest BCUT2D eigenvalue weighted by Gasteiger charge is -2.12. The number of nitrogens with zero attached hydrogens (tertiary/aromatic N) is 3. The van der Waals surface area contributed by atoms with E-state index < -0.39 is 0 Å². The minimum atomic E-state index is 0.0730. The van der Waals surface area contributed by atoms with Gasteiger partial charge in [-0.15, -0.1) is 0 Å². The molecule has 0 saturated heterocycles. The Morgan fingerprint density at radius 2 is 2.21 bits per heavy atom. The van der Waals surface area contributed by atoms with Crippen LogP contribution in [0.2, 0.25) is 0 Å². The van der Waals surface area contributed by atoms with Crippen molar-refractivity contribution < 1.29 is 4.74 Å². The molecule has 0 aliphatic heterocycles. The Kier molecular flexibility index (Phi) is 3.86. The van der Waals surface area contributed by atoms with Crippen molar-refractivity contribution in [1.82, 2.24) is 9.97 Å². The van der Waals surface area contributed by atoms with Crippen molar-refractivity contribution in [3.05, 3.63) is 18.1 Å². The van der Waals surface area contributed by atoms with Gasteiger partial charge in [0.15, 0.2) is 0 Å². The van der Waals surface area contributed by atoms with Gasteiger partial charge in [0, 0.05) is 12.4 Å². The van der Waals surface area contributed by atoms with Crippen molar-refractivity contribution in [2.24, 2.45) is 0 Å². The van der Waals surface area contributed by atoms with Gasteiger partial charge in [-0.2, -0.15) is 5.26 Å². The molecule has 0 aliphatic rings. The number of rotatable bonds is 4. The minimum absolute atomic E-state index is 0.0730. The molecule has 14 heavy (non-hydrogen) atoms. The summed E-state index contributed by atoms with van der Waals surface area (Å²) in [5.41, 5.74) is 0.246. The fourth-order valence-corrected chi connectivity index (χ4v) is 1.14. The van der Waals surface area contributed by atoms with E-state index in [2.05, 4.69) is 16.9 Å². The Morgan fingerprint density at radius 3 is 2.86 bits per heavy atom. The van der Waals surface area contributed by atoms with Gasteiger partial charge in [0.2, 0.25) is 5.69 Å². The van der Waals surface area contributed by atoms with Crippen LogP contribution < -0.4 is 4.74 Å². The van der Waals surface area contributed by atoms with Crippen LogP contribution in [0.15, 0.2) is 12.4 Å². The van der Waals surface area contributed by atoms with Gasteiger partial charge in [-0.3, -0.25) is 0 Å². The molecule has 0 saturated carbocycles. The van der Waals surface area contributed by atoms with Crippen LogP contribution in [0.3, 0.4) is 0 Å². The van der Waals surface area contributed by atoms with Crippen molar-refractivity contribution in [3.8, 4) is 11.9 Å². The van der Waals surface area contributed by atoms with Crippen LogP contribution in [0, 0.1) is 11.3 Å². The molecule has 0 amide bonds. The third-order valence-electron chi connectivity index (χ3n) is 1.78. The van der Waals surface area contributed by atoms with Crippen molar-refractivity contribution in [2.45, 2.75) is 32.8 Å². The molecule has 0 bridgehead atoms. The first-order valence-corrected chi connectivity index (χ1v) is 4.65. The maximum absolute atomic E-state index is 8.73. The fraction of sp³-hybridized carbons (Fsp3) is 0.500. The summed E-state index contributed by atoms with van der Waals surface area (Å²) >= 11 is 0. The summed E-state index contributed by atoms with van der Waals surface area (Å²) in [4.78, 5) is 7.83. The molecule has 0 N–H and O–H groups in total. The average molecular weight is 191 g/mol. The summed E-state index contributed by atoms with van der Waals surface area (Å²) in [6.07, 6.45) is 5.07. The Hall–Kier alpha value is -1.63. The number of ether oxygens (including phenoxy) is 1. The van der Waals surface area contributed by atoms with Gasteiger partial charge in [-0.05, 0) is 13.3 Å². The molecule has 1 unspecified atom stereocenters. The molecule has 74 valence electrons. The molecule has 0 spiro atoms. The molecule has 0 aromatic carbocycles. The van der Waals surface area contributed by atoms with Crippen molar-refractivity contribution in [2.75, 3.05) is 0 Å². The van der Waals surface area contributed by atoms with Gasteiger partial charge < -0.3 is 4.74 Å². The molecule has 4 nitrogen and oxygen atoms in total. The maximum Gasteiger partial charge on any atom is 0.251 e. The fourth-order valence-electron chi connectivity index (χ4n) is 1.14. The van der Waals surface area contributed by atoms with Crippen LogP contribution >= 0.6 is 0 Å². The summed E-state index contributed by atoms with van der Waals surface area (Å²) in [6.45, 7) is 4.04. The lowest BCUT2D eigenvalue weighted by atomic mass is 10.2. The van der Waals surface area contributed by atoms with E-state index in [0.717, 1.165) is 12.8 Å². The second kappa shape index (κ2) is 5.18. The van der Waals surface area contributed by atoms with E-state index >= 15 is 0 Å². The van der Waals surface area contributed by atoms with Crippen molar-refractivity contribution >= 4 is 0 Å². The van der Waals surface area contributed by atoms with E-state index in [4.69, 9.17) is 10.00 Å². The molecule has 1 atom stereocenters. The minimum Gasteiger partial charge on any atom is -0.473 e. The van der Waals surface area contributed by atoms with Gasteiger partial charge in [0.25, 0.3) is 5.88 Å². The molecule has 0 aliphatic carbocycles. The zero-order chi connectivity index (χ0) is 10.4. The Labute approximate surface area is 83.6 Å². The summed E-state index contributed by atoms with van der Waals surface area (Å²) in [5.74, 6) is 0.330. The topological polar surface area (TPSA) is 58.8 Å². The molecule has 0 fully saturated rings. The normalized spacial score (nSPS) is 11.8. The molecule has 1 heterocycles. The molecular weight excluding hydrogens is 178 g/mol. The second-order valence-corrected chi connectivity index (χ2v) is 3.04. The Balaban J connectivity index is 2.71. The highest BCUT2D eigenvalue weighted by atomic mass is 16.5. The van der Waals surface area contributed by atoms with E-state index in [1.54, 1.807) is 0 Å². The predicted molar refractivity (Wildman–Crippen MR) is 51.7 cm³/mol. The highest BCUT2D eigenvalue weighted by Gasteiger charge is 2.09. The third kappa shape index (κ3) is 2.70. The molecular formula is C10H13N3O. The van der Waals surface area contributed by atoms with Crippen LogP contribution in [-0.4, -0.2) is 16.1 Å². The second-order valence-electron chi connectivity index (χ2n) is 3.04. The number of hydrogen-bond donors (Lipinski definition) is 0. The molecule has 1 aromatic heterocycles. The highest BCUT2D eigenvalue weighted by molar-refractivity contribution is 5.29. The Bertz CT molecular complexity index is 332. The summed E-state index contributed by atoms with van der Waals surface area (Å²) in [6, 6.07) is 1.94. The van der Waals surface area contributed by atoms with Crippen LogP contribution in [-0.2, 0) is 0 Å². The number of aromatic nitrogens is 2. The van der Waals surface area contributed by atoms with E-state index in [9.17, 15) is 0 Å². The van der Waals surface area contributed by atoms with Crippen molar-refractivity contribution in [3.63, 3.8) is 0 Å². The van der Waals surface area contributed by atoms with E-state index in [0.29, 0.717) is 5.88 Å². The van der Waals surface area contributed by atoms with Crippen LogP contribution in [0.5, 0.6) is 5.88 Å². The molecule has 4 heteroatoms. The lowest BCUT2D eigenvalue weighted by molar-refractivity contribution is 0.200. The summed E-state index contributed by atoms with van der Waals surface area (Å²) in [5, 5.41) is 8.73. The lowest BCUT2D eigenvalue weighted by Crippen LogP contribution is -2.13. The Morgan fingerprint density at radius 1 is 1.50 bits per heavy atom. The first-order chi connectivity index (χ1) is 6.77. The van der Waals surface area contributed by atoms with Crippen LogP contribution in [0.4, 0.5) is 0 Å². The van der Waals surface area contributed by atoms with Gasteiger partial charge in [0.1, 0.15) is 6.07 Å². The van der Waals surface area contributed by atoms with E-state index in [-0.39, 0.29) is 11.8 Å². The average Bonchev–Trinajstić information content (AvgIpc) is 2.19. The maximum atomic E-state index is 8.73. The summed E-state index contributed by atoms with van der Waals surface area (Å²) < 4.78 is 5.48. The first-order valence-electron chi connectivity index (χ1n) is 4.65. The largest absolute Gasteiger partial charge is 0.473 e. The van der Waals surface area contributed by atoms with Gasteiger partial charge >= 0.3 is 0 Å². The van der Waals surface area contributed by atoms with E-state index in [1.165, 1.54) is 12.4 Å². The molecule has 0 radical (unpaired) electrons. The van der Waals surface area contributed by atoms with Crippen LogP contribution in [0.25, 0.3) is 0 Å². The SMILES string of the molecule is CCCC(C)Oc1nccnc1C#N. The van der Waals surface area contributed by atoms with Gasteiger partial charge in [-0.1, -0.05) is 13.3 Å². The molecule has 1 rings (SSSR count). The quantitative estimate of drug-likeness (QED) is 0.729. The number of nitriles is 1. The predicted octanol–water partition coefficient (Wildman–Crippen LogP) is 1.92. The van der Waals surface area contributed by atoms with Gasteiger partial charge in [0.05, 0.1) is 6.10 Å². The zero-order valence-electron chi connectivity index (χ0n) is 8.40. The van der Waals surface area contributed by atoms with Gasteiger partial charge in [-0.25, -0.2) is 9.97 Å². The monoisotopic (exact) mass is 191 g/mol. The van der Waals surface area contributed by atoms with Crippen molar-refractivity contribution in [1.29, 1.82) is 5.26 Å². The summed E-state index contributed by atoms with van der Waals surface area (Å²) in [7, 11) is 0. The number of hydrogen-bond acceptors (Lipinski definition) is 4. The standard InChI is InChI=1S/C10H13N3O/c1-3-4-8(2)14-10-9(7-11)12-5-6-13-10/h5-6,8H,3-4H2,1-2H3. The van der Waals surface area contributed by atoms with E-state index in [1.807, 2.05) is 13.0 Å². The first kappa shape index (κ1) is 10.5. The highest BCUT2D eigenvalue weighted by Crippen LogP contribution is 2.13. The zero-order valence-corrected chi connectivity index (χ0v) is 8.40. The molecule has 1 aromatic rings. The smallest absolute Gasteiger partial charge is 0.251 e.